The number of hydrogen-bond donors (Lipinski definition) is 1. The van der Waals surface area contributed by atoms with Crippen molar-refractivity contribution in [3.05, 3.63) is 109 Å². The van der Waals surface area contributed by atoms with Crippen LogP contribution in [0.4, 0.5) is 0 Å². The van der Waals surface area contributed by atoms with Gasteiger partial charge in [-0.3, -0.25) is 0 Å². The molecule has 0 atom stereocenters. The van der Waals surface area contributed by atoms with Crippen molar-refractivity contribution in [2.24, 2.45) is 0 Å². The van der Waals surface area contributed by atoms with Crippen LogP contribution in [0.25, 0.3) is 32.9 Å². The van der Waals surface area contributed by atoms with Gasteiger partial charge in [-0.25, -0.2) is 0 Å². The Balaban J connectivity index is 0.000000223. The van der Waals surface area contributed by atoms with E-state index in [9.17, 15) is 0 Å². The van der Waals surface area contributed by atoms with Gasteiger partial charge in [0.1, 0.15) is 0 Å². The summed E-state index contributed by atoms with van der Waals surface area (Å²) < 4.78 is 0. The molecule has 0 saturated heterocycles. The molecule has 0 unspecified atom stereocenters. The first-order chi connectivity index (χ1) is 12.4. The van der Waals surface area contributed by atoms with Gasteiger partial charge in [0, 0.05) is 21.8 Å². The molecule has 0 spiro atoms. The molecule has 0 aliphatic carbocycles. The number of rotatable bonds is 1. The van der Waals surface area contributed by atoms with Crippen LogP contribution in [-0.2, 0) is 0 Å². The average Bonchev–Trinajstić information content (AvgIpc) is 3.08. The Hall–Kier alpha value is -3.32. The van der Waals surface area contributed by atoms with Crippen LogP contribution in [0.1, 0.15) is 0 Å². The lowest BCUT2D eigenvalue weighted by Crippen LogP contribution is -1.76. The summed E-state index contributed by atoms with van der Waals surface area (Å²) in [6.45, 7) is 0. The Morgan fingerprint density at radius 1 is 0.400 bits per heavy atom. The standard InChI is InChI=1S/C18H13N.C6H6/c1-2-6-13(7-3-1)14-10-11-18-16(12-14)15-8-4-5-9-17(15)19-18;1-2-4-6-5-3-1/h1-12,19H;1-6H. The molecule has 0 saturated carbocycles. The number of H-pyrrole nitrogens is 1. The van der Waals surface area contributed by atoms with Gasteiger partial charge in [-0.2, -0.15) is 0 Å². The molecule has 0 radical (unpaired) electrons. The van der Waals surface area contributed by atoms with E-state index in [0.717, 1.165) is 0 Å². The van der Waals surface area contributed by atoms with Crippen molar-refractivity contribution in [3.8, 4) is 11.1 Å². The van der Waals surface area contributed by atoms with Crippen molar-refractivity contribution in [1.29, 1.82) is 0 Å². The van der Waals surface area contributed by atoms with Crippen LogP contribution in [0.15, 0.2) is 109 Å². The minimum Gasteiger partial charge on any atom is -0.355 e. The number of para-hydroxylation sites is 1. The number of aromatic nitrogens is 1. The summed E-state index contributed by atoms with van der Waals surface area (Å²) in [6.07, 6.45) is 0. The van der Waals surface area contributed by atoms with Gasteiger partial charge < -0.3 is 4.98 Å². The fourth-order valence-electron chi connectivity index (χ4n) is 3.04. The van der Waals surface area contributed by atoms with Crippen molar-refractivity contribution in [1.82, 2.24) is 4.98 Å². The van der Waals surface area contributed by atoms with E-state index in [0.29, 0.717) is 0 Å². The van der Waals surface area contributed by atoms with Crippen LogP contribution >= 0.6 is 0 Å². The van der Waals surface area contributed by atoms with Gasteiger partial charge in [0.25, 0.3) is 0 Å². The third-order valence-electron chi connectivity index (χ3n) is 4.28. The Morgan fingerprint density at radius 2 is 0.960 bits per heavy atom. The normalized spacial score (nSPS) is 10.4. The van der Waals surface area contributed by atoms with E-state index in [-0.39, 0.29) is 0 Å². The van der Waals surface area contributed by atoms with E-state index in [1.54, 1.807) is 0 Å². The number of benzene rings is 4. The van der Waals surface area contributed by atoms with Crippen LogP contribution in [0.2, 0.25) is 0 Å². The molecule has 1 nitrogen and oxygen atoms in total. The van der Waals surface area contributed by atoms with E-state index in [4.69, 9.17) is 0 Å². The third kappa shape index (κ3) is 3.31. The van der Waals surface area contributed by atoms with Crippen molar-refractivity contribution >= 4 is 21.8 Å². The summed E-state index contributed by atoms with van der Waals surface area (Å²) in [4.78, 5) is 3.46. The first-order valence-electron chi connectivity index (χ1n) is 8.48. The zero-order valence-corrected chi connectivity index (χ0v) is 13.9. The molecule has 0 fully saturated rings. The molecule has 5 aromatic rings. The summed E-state index contributed by atoms with van der Waals surface area (Å²) in [5.74, 6) is 0. The highest BCUT2D eigenvalue weighted by Crippen LogP contribution is 2.29. The number of hydrogen-bond acceptors (Lipinski definition) is 0. The second kappa shape index (κ2) is 7.06. The zero-order chi connectivity index (χ0) is 16.9. The second-order valence-electron chi connectivity index (χ2n) is 5.95. The summed E-state index contributed by atoms with van der Waals surface area (Å²) >= 11 is 0. The minimum absolute atomic E-state index is 1.20. The number of nitrogens with one attached hydrogen (secondary N) is 1. The smallest absolute Gasteiger partial charge is 0.0465 e. The van der Waals surface area contributed by atoms with E-state index in [1.807, 2.05) is 42.5 Å². The van der Waals surface area contributed by atoms with Crippen LogP contribution in [-0.4, -0.2) is 4.98 Å². The monoisotopic (exact) mass is 321 g/mol. The molecule has 25 heavy (non-hydrogen) atoms. The average molecular weight is 321 g/mol. The molecule has 1 heteroatoms. The lowest BCUT2D eigenvalue weighted by molar-refractivity contribution is 1.54. The topological polar surface area (TPSA) is 15.8 Å². The highest BCUT2D eigenvalue weighted by Gasteiger charge is 2.05. The van der Waals surface area contributed by atoms with Gasteiger partial charge in [-0.1, -0.05) is 91.0 Å². The van der Waals surface area contributed by atoms with E-state index < -0.39 is 0 Å². The lowest BCUT2D eigenvalue weighted by atomic mass is 10.0. The highest BCUT2D eigenvalue weighted by molar-refractivity contribution is 6.08. The van der Waals surface area contributed by atoms with Gasteiger partial charge in [-0.15, -0.1) is 0 Å². The maximum atomic E-state index is 3.46. The molecular weight excluding hydrogens is 302 g/mol. The highest BCUT2D eigenvalue weighted by atomic mass is 14.7. The lowest BCUT2D eigenvalue weighted by Gasteiger charge is -2.01. The van der Waals surface area contributed by atoms with Crippen LogP contribution < -0.4 is 0 Å². The zero-order valence-electron chi connectivity index (χ0n) is 13.9. The van der Waals surface area contributed by atoms with Gasteiger partial charge in [0.15, 0.2) is 0 Å². The first-order valence-corrected chi connectivity index (χ1v) is 8.48. The Morgan fingerprint density at radius 3 is 1.68 bits per heavy atom. The first kappa shape index (κ1) is 15.2. The largest absolute Gasteiger partial charge is 0.355 e. The van der Waals surface area contributed by atoms with Crippen LogP contribution in [0.3, 0.4) is 0 Å². The molecule has 120 valence electrons. The van der Waals surface area contributed by atoms with Gasteiger partial charge in [0.05, 0.1) is 0 Å². The predicted octanol–water partition coefficient (Wildman–Crippen LogP) is 6.67. The summed E-state index contributed by atoms with van der Waals surface area (Å²) in [5, 5.41) is 2.58. The third-order valence-corrected chi connectivity index (χ3v) is 4.28. The Labute approximate surface area is 147 Å². The van der Waals surface area contributed by atoms with Crippen molar-refractivity contribution < 1.29 is 0 Å². The maximum absolute atomic E-state index is 3.46. The van der Waals surface area contributed by atoms with Gasteiger partial charge in [-0.05, 0) is 29.3 Å². The van der Waals surface area contributed by atoms with Crippen molar-refractivity contribution in [2.45, 2.75) is 0 Å². The maximum Gasteiger partial charge on any atom is 0.0465 e. The molecule has 1 aromatic heterocycles. The van der Waals surface area contributed by atoms with E-state index in [1.165, 1.54) is 32.9 Å². The van der Waals surface area contributed by atoms with Gasteiger partial charge in [0.2, 0.25) is 0 Å². The predicted molar refractivity (Wildman–Crippen MR) is 108 cm³/mol. The molecule has 0 aliphatic heterocycles. The molecule has 1 N–H and O–H groups in total. The van der Waals surface area contributed by atoms with E-state index >= 15 is 0 Å². The number of aromatic amines is 1. The van der Waals surface area contributed by atoms with Crippen LogP contribution in [0.5, 0.6) is 0 Å². The molecule has 0 amide bonds. The minimum atomic E-state index is 1.20. The molecular formula is C24H19N. The molecule has 0 aliphatic rings. The Bertz CT molecular complexity index is 1050. The summed E-state index contributed by atoms with van der Waals surface area (Å²) in [5.41, 5.74) is 4.91. The quantitative estimate of drug-likeness (QED) is 0.354. The molecule has 0 bridgehead atoms. The Kier molecular flexibility index (Phi) is 4.30. The summed E-state index contributed by atoms with van der Waals surface area (Å²) in [6, 6.07) is 37.6. The van der Waals surface area contributed by atoms with E-state index in [2.05, 4.69) is 71.7 Å². The molecule has 1 heterocycles. The number of fused-ring (bicyclic) bond motifs is 3. The molecule has 5 rings (SSSR count). The van der Waals surface area contributed by atoms with Crippen molar-refractivity contribution in [2.75, 3.05) is 0 Å². The fourth-order valence-corrected chi connectivity index (χ4v) is 3.04. The fraction of sp³-hybridized carbons (Fsp3) is 0. The SMILES string of the molecule is c1ccc(-c2ccc3[nH]c4ccccc4c3c2)cc1.c1ccccc1. The molecule has 4 aromatic carbocycles. The summed E-state index contributed by atoms with van der Waals surface area (Å²) in [7, 11) is 0. The van der Waals surface area contributed by atoms with Crippen LogP contribution in [0, 0.1) is 0 Å². The second-order valence-corrected chi connectivity index (χ2v) is 5.95. The van der Waals surface area contributed by atoms with Crippen molar-refractivity contribution in [3.63, 3.8) is 0 Å². The van der Waals surface area contributed by atoms with Gasteiger partial charge >= 0.3 is 0 Å².